The van der Waals surface area contributed by atoms with E-state index in [1.54, 1.807) is 31.4 Å². The number of nitrogens with one attached hydrogen (secondary N) is 1. The van der Waals surface area contributed by atoms with Crippen LogP contribution in [-0.2, 0) is 9.63 Å². The summed E-state index contributed by atoms with van der Waals surface area (Å²) in [6.45, 7) is 8.14. The molecule has 1 amide bonds. The van der Waals surface area contributed by atoms with Crippen molar-refractivity contribution in [1.82, 2.24) is 0 Å². The predicted molar refractivity (Wildman–Crippen MR) is 140 cm³/mol. The van der Waals surface area contributed by atoms with Crippen LogP contribution in [-0.4, -0.2) is 24.7 Å². The summed E-state index contributed by atoms with van der Waals surface area (Å²) in [5.41, 5.74) is -0.0486. The summed E-state index contributed by atoms with van der Waals surface area (Å²) in [4.78, 5) is 44.3. The summed E-state index contributed by atoms with van der Waals surface area (Å²) >= 11 is 0. The lowest BCUT2D eigenvalue weighted by Crippen LogP contribution is -2.43. The number of hydrogen-bond donors (Lipinski definition) is 1. The molecular weight excluding hydrogens is 472 g/mol. The van der Waals surface area contributed by atoms with Crippen molar-refractivity contribution in [3.63, 3.8) is 0 Å². The van der Waals surface area contributed by atoms with E-state index in [4.69, 9.17) is 14.0 Å². The molecule has 0 saturated heterocycles. The number of fused-ring (bicyclic) bond motifs is 3. The molecule has 0 aliphatic heterocycles. The third-order valence-electron chi connectivity index (χ3n) is 8.87. The molecule has 2 aromatic carbocycles. The van der Waals surface area contributed by atoms with Gasteiger partial charge < -0.3 is 19.3 Å². The highest BCUT2D eigenvalue weighted by atomic mass is 16.7. The fourth-order valence-corrected chi connectivity index (χ4v) is 6.03. The Balaban J connectivity index is 1.43. The number of ether oxygens (including phenoxy) is 1. The number of anilines is 1. The molecule has 1 aromatic heterocycles. The Hall–Kier alpha value is -3.94. The number of para-hydroxylation sites is 1. The van der Waals surface area contributed by atoms with E-state index in [2.05, 4.69) is 31.2 Å². The van der Waals surface area contributed by atoms with Crippen LogP contribution in [0.25, 0.3) is 11.0 Å². The number of oxime groups is 1. The molecule has 37 heavy (non-hydrogen) atoms. The largest absolute Gasteiger partial charge is 0.495 e. The Bertz CT molecular complexity index is 1520. The molecule has 192 valence electrons. The summed E-state index contributed by atoms with van der Waals surface area (Å²) in [7, 11) is 1.57. The zero-order valence-electron chi connectivity index (χ0n) is 21.6. The summed E-state index contributed by atoms with van der Waals surface area (Å²) < 4.78 is 10.7. The Morgan fingerprint density at radius 3 is 2.57 bits per heavy atom. The van der Waals surface area contributed by atoms with E-state index in [0.717, 1.165) is 5.56 Å². The molecular formula is C29H30N2O6. The quantitative estimate of drug-likeness (QED) is 0.281. The number of nitrogens with zero attached hydrogens (tertiary/aromatic N) is 1. The molecule has 1 heterocycles. The smallest absolute Gasteiger partial charge is 0.373 e. The van der Waals surface area contributed by atoms with E-state index in [1.165, 1.54) is 6.07 Å². The number of rotatable bonds is 5. The molecule has 0 spiro atoms. The van der Waals surface area contributed by atoms with Crippen molar-refractivity contribution in [2.75, 3.05) is 12.4 Å². The van der Waals surface area contributed by atoms with Gasteiger partial charge in [-0.2, -0.15) is 0 Å². The lowest BCUT2D eigenvalue weighted by molar-refractivity contribution is -0.130. The second kappa shape index (κ2) is 8.57. The molecule has 2 fully saturated rings. The second-order valence-corrected chi connectivity index (χ2v) is 10.8. The molecule has 2 saturated carbocycles. The van der Waals surface area contributed by atoms with E-state index in [-0.39, 0.29) is 11.5 Å². The first-order valence-electron chi connectivity index (χ1n) is 12.3. The molecule has 2 atom stereocenters. The van der Waals surface area contributed by atoms with Gasteiger partial charge in [-0.05, 0) is 55.0 Å². The van der Waals surface area contributed by atoms with Crippen LogP contribution in [0.15, 0.2) is 62.9 Å². The number of aryl methyl sites for hydroxylation is 1. The van der Waals surface area contributed by atoms with Crippen molar-refractivity contribution in [2.24, 2.45) is 21.4 Å². The van der Waals surface area contributed by atoms with Crippen LogP contribution >= 0.6 is 0 Å². The molecule has 2 aliphatic rings. The minimum absolute atomic E-state index is 0.114. The van der Waals surface area contributed by atoms with E-state index >= 15 is 0 Å². The molecule has 3 aromatic rings. The Morgan fingerprint density at radius 2 is 1.81 bits per heavy atom. The highest BCUT2D eigenvalue weighted by Crippen LogP contribution is 2.71. The number of carbonyl (C=O) groups excluding carboxylic acids is 2. The Labute approximate surface area is 214 Å². The van der Waals surface area contributed by atoms with Gasteiger partial charge in [-0.25, -0.2) is 9.59 Å². The van der Waals surface area contributed by atoms with Crippen LogP contribution in [0.3, 0.4) is 0 Å². The molecule has 2 unspecified atom stereocenters. The maximum absolute atomic E-state index is 13.8. The predicted octanol–water partition coefficient (Wildman–Crippen LogP) is 5.48. The summed E-state index contributed by atoms with van der Waals surface area (Å²) in [6, 6.07) is 14.0. The number of carbonyl (C=O) groups is 2. The molecule has 8 nitrogen and oxygen atoms in total. The molecule has 2 bridgehead atoms. The first-order valence-corrected chi connectivity index (χ1v) is 12.3. The molecule has 1 N–H and O–H groups in total. The topological polar surface area (TPSA) is 107 Å². The van der Waals surface area contributed by atoms with Crippen molar-refractivity contribution in [2.45, 2.75) is 47.0 Å². The average molecular weight is 503 g/mol. The number of benzene rings is 2. The highest BCUT2D eigenvalue weighted by molar-refractivity contribution is 6.07. The fourth-order valence-electron chi connectivity index (χ4n) is 6.03. The fraction of sp³-hybridized carbons (Fsp3) is 0.379. The standard InChI is InChI=1S/C29H30N2O6/c1-17-10-11-22(35-5)20(14-17)30-26(34)29-13-12-28(4,27(29,2)3)23(16-29)31-37-25(33)19-15-18-8-6-7-9-21(18)36-24(19)32/h6-11,14-15H,12-13,16H2,1-5H3,(H,30,34)/b31-23-. The molecule has 2 aliphatic carbocycles. The van der Waals surface area contributed by atoms with E-state index in [0.29, 0.717) is 47.4 Å². The third-order valence-corrected chi connectivity index (χ3v) is 8.87. The number of methoxy groups -OCH3 is 1. The van der Waals surface area contributed by atoms with Gasteiger partial charge in [0.2, 0.25) is 5.91 Å². The second-order valence-electron chi connectivity index (χ2n) is 10.8. The van der Waals surface area contributed by atoms with Crippen LogP contribution < -0.4 is 15.7 Å². The minimum Gasteiger partial charge on any atom is -0.495 e. The van der Waals surface area contributed by atoms with Gasteiger partial charge in [-0.15, -0.1) is 0 Å². The van der Waals surface area contributed by atoms with Crippen molar-refractivity contribution in [3.05, 3.63) is 70.1 Å². The maximum Gasteiger partial charge on any atom is 0.373 e. The average Bonchev–Trinajstić information content (AvgIpc) is 3.18. The lowest BCUT2D eigenvalue weighted by atomic mass is 9.64. The summed E-state index contributed by atoms with van der Waals surface area (Å²) in [5.74, 6) is -0.417. The lowest BCUT2D eigenvalue weighted by Gasteiger charge is -2.39. The minimum atomic E-state index is -0.890. The van der Waals surface area contributed by atoms with Crippen LogP contribution in [0.4, 0.5) is 5.69 Å². The third kappa shape index (κ3) is 3.65. The van der Waals surface area contributed by atoms with Gasteiger partial charge >= 0.3 is 11.6 Å². The SMILES string of the molecule is COc1ccc(C)cc1NC(=O)C12CCC(C)(/C(=N\OC(=O)c3cc4ccccc4oc3=O)C1)C2(C)C. The van der Waals surface area contributed by atoms with Crippen molar-refractivity contribution in [3.8, 4) is 5.75 Å². The monoisotopic (exact) mass is 502 g/mol. The molecule has 5 rings (SSSR count). The van der Waals surface area contributed by atoms with E-state index in [1.807, 2.05) is 25.1 Å². The zero-order valence-corrected chi connectivity index (χ0v) is 21.6. The summed E-state index contributed by atoms with van der Waals surface area (Å²) in [6.07, 6.45) is 1.74. The van der Waals surface area contributed by atoms with Gasteiger partial charge in [0.25, 0.3) is 0 Å². The van der Waals surface area contributed by atoms with Gasteiger partial charge in [0, 0.05) is 17.2 Å². The highest BCUT2D eigenvalue weighted by Gasteiger charge is 2.71. The van der Waals surface area contributed by atoms with Crippen LogP contribution in [0, 0.1) is 23.2 Å². The maximum atomic E-state index is 13.8. The zero-order chi connectivity index (χ0) is 26.6. The van der Waals surface area contributed by atoms with Gasteiger partial charge in [0.05, 0.1) is 23.9 Å². The Kier molecular flexibility index (Phi) is 5.73. The first kappa shape index (κ1) is 24.7. The van der Waals surface area contributed by atoms with Gasteiger partial charge in [0.15, 0.2) is 0 Å². The first-order chi connectivity index (χ1) is 17.5. The van der Waals surface area contributed by atoms with Gasteiger partial charge in [-0.1, -0.05) is 50.2 Å². The summed E-state index contributed by atoms with van der Waals surface area (Å²) in [5, 5.41) is 7.93. The normalized spacial score (nSPS) is 24.8. The molecule has 8 heteroatoms. The Morgan fingerprint density at radius 1 is 1.05 bits per heavy atom. The number of hydrogen-bond acceptors (Lipinski definition) is 7. The van der Waals surface area contributed by atoms with Crippen molar-refractivity contribution < 1.29 is 23.6 Å². The van der Waals surface area contributed by atoms with Crippen LogP contribution in [0.1, 0.15) is 56.0 Å². The number of amides is 1. The van der Waals surface area contributed by atoms with E-state index < -0.39 is 27.8 Å². The van der Waals surface area contributed by atoms with Crippen molar-refractivity contribution in [1.29, 1.82) is 0 Å². The van der Waals surface area contributed by atoms with Crippen molar-refractivity contribution >= 4 is 34.2 Å². The van der Waals surface area contributed by atoms with Gasteiger partial charge in [0.1, 0.15) is 16.9 Å². The van der Waals surface area contributed by atoms with Crippen LogP contribution in [0.2, 0.25) is 0 Å². The molecule has 0 radical (unpaired) electrons. The van der Waals surface area contributed by atoms with Crippen LogP contribution in [0.5, 0.6) is 5.75 Å². The van der Waals surface area contributed by atoms with Gasteiger partial charge in [-0.3, -0.25) is 4.79 Å². The van der Waals surface area contributed by atoms with E-state index in [9.17, 15) is 14.4 Å².